The average Bonchev–Trinajstić information content (AvgIpc) is 3.94. The Hall–Kier alpha value is -7.49. The fraction of sp³-hybridized carbons (Fsp3) is 0.176. The zero-order valence-corrected chi connectivity index (χ0v) is 38.5. The number of imidazole rings is 2. The van der Waals surface area contributed by atoms with Crippen LogP contribution < -0.4 is 14.6 Å². The van der Waals surface area contributed by atoms with Crippen molar-refractivity contribution in [2.75, 3.05) is 13.2 Å². The quantitative estimate of drug-likeness (QED) is 0.0790. The first kappa shape index (κ1) is 52.3. The van der Waals surface area contributed by atoms with Crippen LogP contribution in [0.1, 0.15) is 42.2 Å². The second-order valence-corrected chi connectivity index (χ2v) is 18.2. The van der Waals surface area contributed by atoms with Crippen molar-refractivity contribution in [2.24, 2.45) is 5.14 Å². The van der Waals surface area contributed by atoms with E-state index in [1.54, 1.807) is 74.5 Å². The molecule has 0 aliphatic rings. The van der Waals surface area contributed by atoms with E-state index >= 15 is 0 Å². The van der Waals surface area contributed by atoms with Crippen molar-refractivity contribution in [3.63, 3.8) is 0 Å². The molecule has 0 bridgehead atoms. The summed E-state index contributed by atoms with van der Waals surface area (Å²) in [5.41, 5.74) is 6.80. The summed E-state index contributed by atoms with van der Waals surface area (Å²) in [5, 5.41) is 15.9. The number of nitrogens with zero attached hydrogens (tertiary/aromatic N) is 2. The number of H-pyrrole nitrogens is 2. The Labute approximate surface area is 404 Å². The minimum atomic E-state index is -5.69. The molecule has 0 aliphatic heterocycles. The van der Waals surface area contributed by atoms with Gasteiger partial charge in [0.15, 0.2) is 13.2 Å². The summed E-state index contributed by atoms with van der Waals surface area (Å²) in [4.78, 5) is 15.3. The highest BCUT2D eigenvalue weighted by Gasteiger charge is 2.59. The number of hydrogen-bond donors (Lipinski definition) is 4. The molecule has 10 nitrogen and oxygen atoms in total. The number of sulfonamides is 1. The minimum absolute atomic E-state index is 0.00136. The topological polar surface area (TPSA) is 156 Å². The molecule has 8 rings (SSSR count). The van der Waals surface area contributed by atoms with Crippen LogP contribution in [-0.2, 0) is 15.6 Å². The monoisotopic (exact) mass is 1030 g/mol. The van der Waals surface area contributed by atoms with Gasteiger partial charge in [-0.15, -0.1) is 0 Å². The van der Waals surface area contributed by atoms with Crippen molar-refractivity contribution in [2.45, 2.75) is 48.5 Å². The smallest absolute Gasteiger partial charge is 0.456 e. The van der Waals surface area contributed by atoms with E-state index < -0.39 is 53.0 Å². The third kappa shape index (κ3) is 12.7. The number of aromatic amines is 2. The molecular weight excluding hydrogens is 985 g/mol. The predicted molar refractivity (Wildman–Crippen MR) is 253 cm³/mol. The van der Waals surface area contributed by atoms with Gasteiger partial charge in [-0.1, -0.05) is 91.0 Å². The maximum Gasteiger partial charge on any atom is 0.456 e. The van der Waals surface area contributed by atoms with Gasteiger partial charge in [0.05, 0.1) is 32.6 Å². The van der Waals surface area contributed by atoms with Gasteiger partial charge in [-0.3, -0.25) is 0 Å². The average molecular weight is 1030 g/mol. The van der Waals surface area contributed by atoms with Gasteiger partial charge in [0.25, 0.3) is 0 Å². The van der Waals surface area contributed by atoms with Crippen LogP contribution in [0.25, 0.3) is 68.6 Å². The molecule has 0 atom stereocenters. The van der Waals surface area contributed by atoms with E-state index in [0.29, 0.717) is 44.9 Å². The number of benzene rings is 6. The van der Waals surface area contributed by atoms with E-state index in [9.17, 15) is 57.4 Å². The summed E-state index contributed by atoms with van der Waals surface area (Å²) in [6.07, 6.45) is -4.61. The van der Waals surface area contributed by atoms with Crippen LogP contribution in [0.4, 0.5) is 43.9 Å². The molecule has 0 saturated carbocycles. The van der Waals surface area contributed by atoms with Crippen LogP contribution >= 0.6 is 0 Å². The highest BCUT2D eigenvalue weighted by atomic mass is 32.2. The molecule has 2 heterocycles. The van der Waals surface area contributed by atoms with E-state index in [4.69, 9.17) is 5.14 Å². The maximum absolute atomic E-state index is 13.0. The highest BCUT2D eigenvalue weighted by Crippen LogP contribution is 2.38. The number of primary sulfonamides is 1. The number of fused-ring (bicyclic) bond motifs is 2. The number of aliphatic hydroxyl groups is 1. The summed E-state index contributed by atoms with van der Waals surface area (Å²) < 4.78 is 158. The van der Waals surface area contributed by atoms with Gasteiger partial charge < -0.3 is 24.5 Å². The zero-order chi connectivity index (χ0) is 52.3. The fourth-order valence-electron chi connectivity index (χ4n) is 6.99. The lowest BCUT2D eigenvalue weighted by atomic mass is 9.89. The van der Waals surface area contributed by atoms with Gasteiger partial charge >= 0.3 is 24.2 Å². The largest absolute Gasteiger partial charge is 0.487 e. The van der Waals surface area contributed by atoms with Crippen LogP contribution in [-0.4, -0.2) is 70.9 Å². The van der Waals surface area contributed by atoms with E-state index in [1.807, 2.05) is 42.5 Å². The first-order valence-corrected chi connectivity index (χ1v) is 22.9. The molecule has 0 unspecified atom stereocenters. The SMILES string of the molecule is CC(C)(O)c1ccccc1-c1ccc2nc(/C=C/c3ccc(OCC(F)(F)C(F)(F)F)cc3)[nH]c2c1.NS(=O)(=O)c1ccccc1-c1ccc2nc(/C=C/c3ccc(OCC(F)(F)C(F)(F)F)cc3)[nH]c2c1. The van der Waals surface area contributed by atoms with Crippen molar-refractivity contribution in [1.29, 1.82) is 0 Å². The predicted octanol–water partition coefficient (Wildman–Crippen LogP) is 12.8. The Kier molecular flexibility index (Phi) is 14.8. The standard InChI is InChI=1S/C27H23F5N2O2.C24H18F5N3O3S/c1-25(2,35)21-6-4-3-5-20(21)18-10-13-22-23(15-18)34-24(33-22)14-9-17-7-11-19(12-8-17)36-16-26(28,29)27(30,31)32;25-23(26,24(27,28)29)14-35-17-9-5-15(6-10-17)7-12-22-31-19-11-8-16(13-20(19)32-22)18-3-1-2-4-21(18)36(30,33)34/h3-15,35H,16H2,1-2H3,(H,33,34);1-13H,14H2,(H,31,32)(H2,30,33,34)/b14-9+;12-7+. The van der Waals surface area contributed by atoms with Crippen LogP contribution in [0.15, 0.2) is 138 Å². The molecule has 0 aliphatic carbocycles. The Balaban J connectivity index is 0.000000211. The lowest BCUT2D eigenvalue weighted by Crippen LogP contribution is -2.41. The molecule has 376 valence electrons. The molecule has 0 amide bonds. The van der Waals surface area contributed by atoms with Crippen molar-refractivity contribution in [3.05, 3.63) is 162 Å². The van der Waals surface area contributed by atoms with Crippen LogP contribution in [0.5, 0.6) is 11.5 Å². The molecule has 5 N–H and O–H groups in total. The molecule has 8 aromatic rings. The van der Waals surface area contributed by atoms with Gasteiger partial charge in [-0.05, 0) is 114 Å². The maximum atomic E-state index is 13.0. The Morgan fingerprint density at radius 1 is 0.556 bits per heavy atom. The van der Waals surface area contributed by atoms with E-state index in [0.717, 1.165) is 27.7 Å². The summed E-state index contributed by atoms with van der Waals surface area (Å²) in [5.74, 6) is -9.06. The Morgan fingerprint density at radius 2 is 0.958 bits per heavy atom. The van der Waals surface area contributed by atoms with Gasteiger partial charge in [0.2, 0.25) is 10.0 Å². The summed E-state index contributed by atoms with van der Waals surface area (Å²) in [6.45, 7) is -0.124. The molecule has 2 aromatic heterocycles. The van der Waals surface area contributed by atoms with Crippen LogP contribution in [0.3, 0.4) is 0 Å². The molecule has 0 fully saturated rings. The number of halogens is 10. The minimum Gasteiger partial charge on any atom is -0.487 e. The van der Waals surface area contributed by atoms with Crippen molar-refractivity contribution in [1.82, 2.24) is 19.9 Å². The number of nitrogens with one attached hydrogen (secondary N) is 2. The molecule has 0 radical (unpaired) electrons. The van der Waals surface area contributed by atoms with Gasteiger partial charge in [0.1, 0.15) is 23.1 Å². The van der Waals surface area contributed by atoms with Crippen LogP contribution in [0.2, 0.25) is 0 Å². The number of aromatic nitrogens is 4. The van der Waals surface area contributed by atoms with Gasteiger partial charge in [-0.25, -0.2) is 23.5 Å². The zero-order valence-electron chi connectivity index (χ0n) is 37.7. The van der Waals surface area contributed by atoms with Crippen LogP contribution in [0, 0.1) is 0 Å². The number of nitrogens with two attached hydrogens (primary N) is 1. The third-order valence-electron chi connectivity index (χ3n) is 10.7. The van der Waals surface area contributed by atoms with E-state index in [-0.39, 0.29) is 16.4 Å². The molecular formula is C51H41F10N5O5S. The summed E-state index contributed by atoms with van der Waals surface area (Å²) in [6, 6.07) is 36.2. The Morgan fingerprint density at radius 3 is 1.38 bits per heavy atom. The number of rotatable bonds is 14. The molecule has 72 heavy (non-hydrogen) atoms. The van der Waals surface area contributed by atoms with Gasteiger partial charge in [0, 0.05) is 5.56 Å². The molecule has 21 heteroatoms. The molecule has 0 spiro atoms. The van der Waals surface area contributed by atoms with E-state index in [2.05, 4.69) is 29.4 Å². The van der Waals surface area contributed by atoms with Crippen molar-refractivity contribution in [3.8, 4) is 33.8 Å². The molecule has 6 aromatic carbocycles. The summed E-state index contributed by atoms with van der Waals surface area (Å²) in [7, 11) is -3.92. The first-order valence-electron chi connectivity index (χ1n) is 21.3. The number of alkyl halides is 10. The Bertz CT molecular complexity index is 3360. The lowest BCUT2D eigenvalue weighted by molar-refractivity contribution is -0.290. The number of ether oxygens (including phenoxy) is 2. The second kappa shape index (κ2) is 20.3. The number of hydrogen-bond acceptors (Lipinski definition) is 7. The lowest BCUT2D eigenvalue weighted by Gasteiger charge is -2.21. The van der Waals surface area contributed by atoms with Gasteiger partial charge in [-0.2, -0.15) is 43.9 Å². The highest BCUT2D eigenvalue weighted by molar-refractivity contribution is 7.89. The fourth-order valence-corrected chi connectivity index (χ4v) is 7.75. The second-order valence-electron chi connectivity index (χ2n) is 16.6. The molecule has 0 saturated heterocycles. The normalized spacial score (nSPS) is 13.0. The summed E-state index contributed by atoms with van der Waals surface area (Å²) >= 11 is 0. The van der Waals surface area contributed by atoms with E-state index in [1.165, 1.54) is 54.6 Å². The van der Waals surface area contributed by atoms with Crippen molar-refractivity contribution < 1.29 is 66.9 Å². The first-order chi connectivity index (χ1) is 33.7. The van der Waals surface area contributed by atoms with Crippen molar-refractivity contribution >= 4 is 56.4 Å². The third-order valence-corrected chi connectivity index (χ3v) is 11.7.